The Morgan fingerprint density at radius 3 is 2.48 bits per heavy atom. The van der Waals surface area contributed by atoms with Crippen molar-refractivity contribution in [2.24, 2.45) is 23.7 Å². The quantitative estimate of drug-likeness (QED) is 0.462. The number of hydrogen-bond donors (Lipinski definition) is 3. The van der Waals surface area contributed by atoms with Gasteiger partial charge in [0.2, 0.25) is 0 Å². The molecule has 6 heteroatoms. The van der Waals surface area contributed by atoms with E-state index in [1.165, 1.54) is 31.9 Å². The largest absolute Gasteiger partial charge is 0.480 e. The van der Waals surface area contributed by atoms with Crippen molar-refractivity contribution >= 4 is 11.9 Å². The van der Waals surface area contributed by atoms with Crippen LogP contribution in [-0.4, -0.2) is 29.1 Å². The smallest absolute Gasteiger partial charge is 0.326 e. The molecule has 0 heterocycles. The third-order valence-electron chi connectivity index (χ3n) is 5.60. The van der Waals surface area contributed by atoms with Gasteiger partial charge < -0.3 is 15.7 Å². The summed E-state index contributed by atoms with van der Waals surface area (Å²) in [5, 5.41) is 24.1. The minimum atomic E-state index is -1.08. The number of carboxylic acid groups (broad SMARTS) is 1. The fourth-order valence-corrected chi connectivity index (χ4v) is 4.32. The number of hydrogen-bond acceptors (Lipinski definition) is 4. The fourth-order valence-electron chi connectivity index (χ4n) is 4.32. The lowest BCUT2D eigenvalue weighted by Gasteiger charge is -2.28. The summed E-state index contributed by atoms with van der Waals surface area (Å²) in [6.45, 7) is 5.87. The molecule has 0 aromatic carbocycles. The van der Waals surface area contributed by atoms with Crippen LogP contribution in [0.1, 0.15) is 52.9 Å². The van der Waals surface area contributed by atoms with Crippen LogP contribution in [0.5, 0.6) is 0 Å². The topological polar surface area (TPSA) is 102 Å². The van der Waals surface area contributed by atoms with E-state index in [4.69, 9.17) is 0 Å². The highest BCUT2D eigenvalue weighted by Crippen LogP contribution is 2.49. The van der Waals surface area contributed by atoms with E-state index in [1.54, 1.807) is 0 Å². The molecule has 0 spiro atoms. The molecule has 5 unspecified atom stereocenters. The van der Waals surface area contributed by atoms with Crippen molar-refractivity contribution in [1.82, 2.24) is 10.6 Å². The van der Waals surface area contributed by atoms with Crippen molar-refractivity contribution in [2.45, 2.75) is 65.0 Å². The summed E-state index contributed by atoms with van der Waals surface area (Å²) >= 11 is 0. The lowest BCUT2D eigenvalue weighted by molar-refractivity contribution is -0.141. The SMILES string of the molecule is CC(C)CC(NC(=O)/C(C#N)=C\NC(C)C1CC2CCC1C2)C(=O)O. The van der Waals surface area contributed by atoms with E-state index in [1.807, 2.05) is 19.9 Å². The highest BCUT2D eigenvalue weighted by Gasteiger charge is 2.41. The molecule has 0 aliphatic heterocycles. The fraction of sp³-hybridized carbons (Fsp3) is 0.737. The van der Waals surface area contributed by atoms with Crippen LogP contribution in [0.2, 0.25) is 0 Å². The Morgan fingerprint density at radius 2 is 2.00 bits per heavy atom. The van der Waals surface area contributed by atoms with Crippen molar-refractivity contribution in [3.63, 3.8) is 0 Å². The zero-order valence-corrected chi connectivity index (χ0v) is 15.3. The van der Waals surface area contributed by atoms with Crippen molar-refractivity contribution in [2.75, 3.05) is 0 Å². The van der Waals surface area contributed by atoms with Crippen LogP contribution in [0.3, 0.4) is 0 Å². The summed E-state index contributed by atoms with van der Waals surface area (Å²) in [5.41, 5.74) is -0.0787. The van der Waals surface area contributed by atoms with Crippen molar-refractivity contribution in [3.8, 4) is 6.07 Å². The standard InChI is InChI=1S/C19H29N3O3/c1-11(2)6-17(19(24)25)22-18(23)15(9-20)10-21-12(3)16-8-13-4-5-14(16)7-13/h10-14,16-17,21H,4-8H2,1-3H3,(H,22,23)(H,24,25)/b15-10-. The maximum Gasteiger partial charge on any atom is 0.326 e. The third-order valence-corrected chi connectivity index (χ3v) is 5.60. The molecule has 6 nitrogen and oxygen atoms in total. The second kappa shape index (κ2) is 8.37. The molecule has 0 radical (unpaired) electrons. The molecule has 2 saturated carbocycles. The van der Waals surface area contributed by atoms with Gasteiger partial charge in [-0.2, -0.15) is 5.26 Å². The predicted molar refractivity (Wildman–Crippen MR) is 94.3 cm³/mol. The van der Waals surface area contributed by atoms with E-state index in [0.717, 1.165) is 11.8 Å². The Morgan fingerprint density at radius 1 is 1.28 bits per heavy atom. The molecule has 25 heavy (non-hydrogen) atoms. The molecule has 0 aromatic heterocycles. The zero-order valence-electron chi connectivity index (χ0n) is 15.3. The van der Waals surface area contributed by atoms with Gasteiger partial charge in [-0.25, -0.2) is 4.79 Å². The number of carboxylic acids is 1. The molecular formula is C19H29N3O3. The molecule has 138 valence electrons. The molecular weight excluding hydrogens is 318 g/mol. The molecule has 3 N–H and O–H groups in total. The Bertz CT molecular complexity index is 579. The average molecular weight is 347 g/mol. The van der Waals surface area contributed by atoms with E-state index in [2.05, 4.69) is 17.6 Å². The van der Waals surface area contributed by atoms with E-state index < -0.39 is 17.9 Å². The minimum absolute atomic E-state index is 0.0787. The van der Waals surface area contributed by atoms with Crippen LogP contribution in [0.25, 0.3) is 0 Å². The highest BCUT2D eigenvalue weighted by molar-refractivity contribution is 5.99. The number of rotatable bonds is 8. The monoisotopic (exact) mass is 347 g/mol. The average Bonchev–Trinajstić information content (AvgIpc) is 3.17. The first kappa shape index (κ1) is 19.3. The first-order valence-electron chi connectivity index (χ1n) is 9.21. The van der Waals surface area contributed by atoms with Crippen molar-refractivity contribution < 1.29 is 14.7 Å². The van der Waals surface area contributed by atoms with Crippen LogP contribution >= 0.6 is 0 Å². The molecule has 2 aliphatic rings. The second-order valence-corrected chi connectivity index (χ2v) is 7.96. The van der Waals surface area contributed by atoms with Crippen LogP contribution < -0.4 is 10.6 Å². The first-order valence-corrected chi connectivity index (χ1v) is 9.21. The first-order chi connectivity index (χ1) is 11.8. The summed E-state index contributed by atoms with van der Waals surface area (Å²) in [6.07, 6.45) is 6.92. The lowest BCUT2D eigenvalue weighted by Crippen LogP contribution is -2.42. The summed E-state index contributed by atoms with van der Waals surface area (Å²) in [4.78, 5) is 23.5. The number of nitrogens with one attached hydrogen (secondary N) is 2. The van der Waals surface area contributed by atoms with Gasteiger partial charge in [0.05, 0.1) is 0 Å². The molecule has 0 aromatic rings. The van der Waals surface area contributed by atoms with E-state index in [9.17, 15) is 20.0 Å². The Kier molecular flexibility index (Phi) is 6.46. The summed E-state index contributed by atoms with van der Waals surface area (Å²) in [5.74, 6) is 0.598. The molecule has 2 aliphatic carbocycles. The van der Waals surface area contributed by atoms with Gasteiger partial charge in [-0.15, -0.1) is 0 Å². The number of nitrogens with zero attached hydrogens (tertiary/aromatic N) is 1. The molecule has 5 atom stereocenters. The van der Waals surface area contributed by atoms with Crippen LogP contribution in [-0.2, 0) is 9.59 Å². The zero-order chi connectivity index (χ0) is 18.6. The number of carbonyl (C=O) groups excluding carboxylic acids is 1. The lowest BCUT2D eigenvalue weighted by atomic mass is 9.84. The number of nitriles is 1. The van der Waals surface area contributed by atoms with Gasteiger partial charge in [0.25, 0.3) is 5.91 Å². The second-order valence-electron chi connectivity index (χ2n) is 7.96. The predicted octanol–water partition coefficient (Wildman–Crippen LogP) is 2.42. The van der Waals surface area contributed by atoms with Crippen molar-refractivity contribution in [3.05, 3.63) is 11.8 Å². The molecule has 2 bridgehead atoms. The van der Waals surface area contributed by atoms with Gasteiger partial charge >= 0.3 is 5.97 Å². The van der Waals surface area contributed by atoms with Gasteiger partial charge in [0, 0.05) is 12.2 Å². The van der Waals surface area contributed by atoms with Gasteiger partial charge in [0.1, 0.15) is 17.7 Å². The molecule has 2 rings (SSSR count). The van der Waals surface area contributed by atoms with E-state index >= 15 is 0 Å². The number of aliphatic carboxylic acids is 1. The Balaban J connectivity index is 1.93. The minimum Gasteiger partial charge on any atom is -0.480 e. The Hall–Kier alpha value is -2.03. The van der Waals surface area contributed by atoms with Crippen LogP contribution in [0, 0.1) is 35.0 Å². The van der Waals surface area contributed by atoms with Crippen molar-refractivity contribution in [1.29, 1.82) is 5.26 Å². The summed E-state index contributed by atoms with van der Waals surface area (Å²) in [6, 6.07) is 1.10. The van der Waals surface area contributed by atoms with Gasteiger partial charge in [-0.05, 0) is 56.3 Å². The molecule has 2 fully saturated rings. The van der Waals surface area contributed by atoms with Gasteiger partial charge in [-0.1, -0.05) is 20.3 Å². The number of fused-ring (bicyclic) bond motifs is 2. The molecule has 1 amide bonds. The summed E-state index contributed by atoms with van der Waals surface area (Å²) in [7, 11) is 0. The molecule has 0 saturated heterocycles. The van der Waals surface area contributed by atoms with E-state index in [0.29, 0.717) is 12.3 Å². The van der Waals surface area contributed by atoms with Gasteiger partial charge in [-0.3, -0.25) is 4.79 Å². The van der Waals surface area contributed by atoms with Gasteiger partial charge in [0.15, 0.2) is 0 Å². The normalized spacial score (nSPS) is 27.6. The van der Waals surface area contributed by atoms with Crippen LogP contribution in [0.4, 0.5) is 0 Å². The number of amides is 1. The van der Waals surface area contributed by atoms with E-state index in [-0.39, 0.29) is 17.5 Å². The van der Waals surface area contributed by atoms with Crippen LogP contribution in [0.15, 0.2) is 11.8 Å². The maximum atomic E-state index is 12.2. The Labute approximate surface area is 149 Å². The maximum absolute atomic E-state index is 12.2. The highest BCUT2D eigenvalue weighted by atomic mass is 16.4. The third kappa shape index (κ3) is 4.97. The number of carbonyl (C=O) groups is 2. The summed E-state index contributed by atoms with van der Waals surface area (Å²) < 4.78 is 0.